The summed E-state index contributed by atoms with van der Waals surface area (Å²) in [5.74, 6) is 0.690. The Bertz CT molecular complexity index is 700. The van der Waals surface area contributed by atoms with Crippen molar-refractivity contribution in [1.29, 1.82) is 0 Å². The molecule has 7 heteroatoms. The number of nitrogens with one attached hydrogen (secondary N) is 1. The van der Waals surface area contributed by atoms with Gasteiger partial charge in [0.2, 0.25) is 5.91 Å². The van der Waals surface area contributed by atoms with Crippen LogP contribution in [0.3, 0.4) is 0 Å². The van der Waals surface area contributed by atoms with E-state index in [9.17, 15) is 4.79 Å². The average Bonchev–Trinajstić information content (AvgIpc) is 3.32. The molecule has 0 spiro atoms. The van der Waals surface area contributed by atoms with E-state index in [1.54, 1.807) is 17.6 Å². The van der Waals surface area contributed by atoms with E-state index in [1.165, 1.54) is 4.88 Å². The zero-order valence-corrected chi connectivity index (χ0v) is 14.4. The highest BCUT2D eigenvalue weighted by Gasteiger charge is 2.48. The number of thiazole rings is 1. The fourth-order valence-corrected chi connectivity index (χ4v) is 4.46. The molecule has 0 bridgehead atoms. The summed E-state index contributed by atoms with van der Waals surface area (Å²) in [7, 11) is 0. The Balaban J connectivity index is 1.42. The van der Waals surface area contributed by atoms with Crippen molar-refractivity contribution in [3.05, 3.63) is 40.2 Å². The maximum absolute atomic E-state index is 12.6. The normalized spacial score (nSPS) is 26.6. The lowest BCUT2D eigenvalue weighted by atomic mass is 10.0. The molecule has 4 heterocycles. The Morgan fingerprint density at radius 3 is 3.21 bits per heavy atom. The van der Waals surface area contributed by atoms with Crippen molar-refractivity contribution in [2.24, 2.45) is 5.92 Å². The summed E-state index contributed by atoms with van der Waals surface area (Å²) in [4.78, 5) is 20.6. The van der Waals surface area contributed by atoms with Crippen molar-refractivity contribution >= 4 is 17.2 Å². The Labute approximate surface area is 144 Å². The molecule has 2 saturated heterocycles. The van der Waals surface area contributed by atoms with Gasteiger partial charge in [-0.15, -0.1) is 11.3 Å². The van der Waals surface area contributed by atoms with Gasteiger partial charge < -0.3 is 14.5 Å². The van der Waals surface area contributed by atoms with Crippen molar-refractivity contribution in [1.82, 2.24) is 15.2 Å². The molecule has 0 aromatic carbocycles. The first-order valence-corrected chi connectivity index (χ1v) is 9.15. The van der Waals surface area contributed by atoms with Gasteiger partial charge in [-0.25, -0.2) is 4.98 Å². The average molecular weight is 347 g/mol. The lowest BCUT2D eigenvalue weighted by Crippen LogP contribution is -2.37. The quantitative estimate of drug-likeness (QED) is 0.895. The van der Waals surface area contributed by atoms with Crippen LogP contribution in [0.5, 0.6) is 0 Å². The standard InChI is InChI=1S/C17H21N3O3S/c1-11-15(24-10-19-11)9-20-8-13(16-14(20)4-6-23-16)17(21)18-7-12-3-2-5-22-12/h2-3,5,10,13-14,16H,4,6-9H2,1H3,(H,18,21)/t13-,14+,16+/m0/s1. The monoisotopic (exact) mass is 347 g/mol. The molecule has 0 unspecified atom stereocenters. The van der Waals surface area contributed by atoms with Crippen LogP contribution < -0.4 is 5.32 Å². The zero-order chi connectivity index (χ0) is 16.5. The van der Waals surface area contributed by atoms with Crippen LogP contribution in [0.1, 0.15) is 22.8 Å². The second kappa shape index (κ2) is 6.66. The number of aryl methyl sites for hydroxylation is 1. The molecule has 6 nitrogen and oxygen atoms in total. The van der Waals surface area contributed by atoms with E-state index in [2.05, 4.69) is 15.2 Å². The molecule has 2 aromatic heterocycles. The molecule has 1 N–H and O–H groups in total. The van der Waals surface area contributed by atoms with E-state index in [-0.39, 0.29) is 17.9 Å². The highest BCUT2D eigenvalue weighted by Crippen LogP contribution is 2.35. The van der Waals surface area contributed by atoms with E-state index in [4.69, 9.17) is 9.15 Å². The van der Waals surface area contributed by atoms with Crippen LogP contribution in [0.2, 0.25) is 0 Å². The highest BCUT2D eigenvalue weighted by atomic mass is 32.1. The minimum absolute atomic E-state index is 0.00479. The van der Waals surface area contributed by atoms with Gasteiger partial charge >= 0.3 is 0 Å². The van der Waals surface area contributed by atoms with Gasteiger partial charge in [-0.2, -0.15) is 0 Å². The molecular formula is C17H21N3O3S. The van der Waals surface area contributed by atoms with Gasteiger partial charge in [0.1, 0.15) is 5.76 Å². The molecule has 24 heavy (non-hydrogen) atoms. The number of hydrogen-bond donors (Lipinski definition) is 1. The third kappa shape index (κ3) is 2.99. The van der Waals surface area contributed by atoms with Crippen molar-refractivity contribution in [2.45, 2.75) is 38.6 Å². The minimum Gasteiger partial charge on any atom is -0.467 e. The Hall–Kier alpha value is -1.70. The van der Waals surface area contributed by atoms with Gasteiger partial charge in [0.15, 0.2) is 0 Å². The smallest absolute Gasteiger partial charge is 0.227 e. The first-order chi connectivity index (χ1) is 11.7. The van der Waals surface area contributed by atoms with Crippen LogP contribution in [-0.4, -0.2) is 41.1 Å². The SMILES string of the molecule is Cc1ncsc1CN1C[C@H](C(=O)NCc2ccco2)[C@H]2OCC[C@H]21. The molecule has 128 valence electrons. The minimum atomic E-state index is -0.124. The highest BCUT2D eigenvalue weighted by molar-refractivity contribution is 7.09. The second-order valence-electron chi connectivity index (χ2n) is 6.39. The molecule has 2 aliphatic heterocycles. The molecule has 2 fully saturated rings. The van der Waals surface area contributed by atoms with Crippen molar-refractivity contribution in [3.8, 4) is 0 Å². The van der Waals surface area contributed by atoms with Gasteiger partial charge in [0.25, 0.3) is 0 Å². The van der Waals surface area contributed by atoms with Crippen LogP contribution in [0.25, 0.3) is 0 Å². The summed E-state index contributed by atoms with van der Waals surface area (Å²) in [6.45, 7) is 4.78. The van der Waals surface area contributed by atoms with Gasteiger partial charge in [-0.1, -0.05) is 0 Å². The number of nitrogens with zero attached hydrogens (tertiary/aromatic N) is 2. The predicted octanol–water partition coefficient (Wildman–Crippen LogP) is 1.95. The van der Waals surface area contributed by atoms with Gasteiger partial charge in [0, 0.05) is 30.6 Å². The first kappa shape index (κ1) is 15.8. The van der Waals surface area contributed by atoms with E-state index < -0.39 is 0 Å². The van der Waals surface area contributed by atoms with E-state index in [1.807, 2.05) is 24.6 Å². The number of furan rings is 1. The maximum atomic E-state index is 12.6. The fourth-order valence-electron chi connectivity index (χ4n) is 3.66. The van der Waals surface area contributed by atoms with Crippen LogP contribution in [-0.2, 0) is 22.6 Å². The Morgan fingerprint density at radius 2 is 2.46 bits per heavy atom. The molecule has 2 aromatic rings. The number of rotatable bonds is 5. The van der Waals surface area contributed by atoms with Crippen LogP contribution in [0.4, 0.5) is 0 Å². The number of carbonyl (C=O) groups excluding carboxylic acids is 1. The van der Waals surface area contributed by atoms with E-state index >= 15 is 0 Å². The lowest BCUT2D eigenvalue weighted by molar-refractivity contribution is -0.127. The zero-order valence-electron chi connectivity index (χ0n) is 13.6. The molecule has 1 amide bonds. The number of hydrogen-bond acceptors (Lipinski definition) is 6. The Kier molecular flexibility index (Phi) is 4.39. The van der Waals surface area contributed by atoms with Crippen molar-refractivity contribution in [3.63, 3.8) is 0 Å². The third-order valence-corrected chi connectivity index (χ3v) is 5.87. The van der Waals surface area contributed by atoms with Crippen LogP contribution >= 0.6 is 11.3 Å². The number of fused-ring (bicyclic) bond motifs is 1. The van der Waals surface area contributed by atoms with E-state index in [0.29, 0.717) is 12.6 Å². The topological polar surface area (TPSA) is 67.6 Å². The third-order valence-electron chi connectivity index (χ3n) is 4.95. The number of carbonyl (C=O) groups is 1. The molecule has 3 atom stereocenters. The first-order valence-electron chi connectivity index (χ1n) is 8.27. The van der Waals surface area contributed by atoms with Crippen molar-refractivity contribution in [2.75, 3.05) is 13.2 Å². The molecule has 2 aliphatic rings. The number of likely N-dealkylation sites (tertiary alicyclic amines) is 1. The van der Waals surface area contributed by atoms with Crippen molar-refractivity contribution < 1.29 is 13.9 Å². The lowest BCUT2D eigenvalue weighted by Gasteiger charge is -2.21. The van der Waals surface area contributed by atoms with Gasteiger partial charge in [-0.05, 0) is 25.5 Å². The van der Waals surface area contributed by atoms with E-state index in [0.717, 1.165) is 37.6 Å². The molecular weight excluding hydrogens is 326 g/mol. The summed E-state index contributed by atoms with van der Waals surface area (Å²) in [6.07, 6.45) is 2.60. The summed E-state index contributed by atoms with van der Waals surface area (Å²) in [6, 6.07) is 4.01. The molecule has 0 radical (unpaired) electrons. The predicted molar refractivity (Wildman–Crippen MR) is 89.5 cm³/mol. The van der Waals surface area contributed by atoms with Gasteiger partial charge in [-0.3, -0.25) is 9.69 Å². The fraction of sp³-hybridized carbons (Fsp3) is 0.529. The van der Waals surface area contributed by atoms with Crippen LogP contribution in [0, 0.1) is 12.8 Å². The molecule has 0 aliphatic carbocycles. The van der Waals surface area contributed by atoms with Crippen LogP contribution in [0.15, 0.2) is 28.3 Å². The molecule has 4 rings (SSSR count). The summed E-state index contributed by atoms with van der Waals surface area (Å²) < 4.78 is 11.2. The largest absolute Gasteiger partial charge is 0.467 e. The summed E-state index contributed by atoms with van der Waals surface area (Å²) in [5.41, 5.74) is 2.97. The summed E-state index contributed by atoms with van der Waals surface area (Å²) in [5, 5.41) is 2.98. The number of aromatic nitrogens is 1. The Morgan fingerprint density at radius 1 is 1.54 bits per heavy atom. The second-order valence-corrected chi connectivity index (χ2v) is 7.32. The number of amides is 1. The number of ether oxygens (including phenoxy) is 1. The van der Waals surface area contributed by atoms with Gasteiger partial charge in [0.05, 0.1) is 36.0 Å². The maximum Gasteiger partial charge on any atom is 0.227 e. The summed E-state index contributed by atoms with van der Waals surface area (Å²) >= 11 is 1.68. The molecule has 0 saturated carbocycles.